The van der Waals surface area contributed by atoms with Gasteiger partial charge in [0, 0.05) is 30.3 Å². The van der Waals surface area contributed by atoms with E-state index >= 15 is 0 Å². The van der Waals surface area contributed by atoms with E-state index in [1.807, 2.05) is 19.2 Å². The molecular weight excluding hydrogens is 224 g/mol. The molecule has 0 radical (unpaired) electrons. The first kappa shape index (κ1) is 12.7. The fourth-order valence-corrected chi connectivity index (χ4v) is 2.11. The van der Waals surface area contributed by atoms with Gasteiger partial charge >= 0.3 is 0 Å². The molecule has 0 saturated carbocycles. The third kappa shape index (κ3) is 3.34. The van der Waals surface area contributed by atoms with Gasteiger partial charge in [0.15, 0.2) is 0 Å². The van der Waals surface area contributed by atoms with Gasteiger partial charge in [-0.1, -0.05) is 0 Å². The van der Waals surface area contributed by atoms with Crippen molar-refractivity contribution in [3.05, 3.63) is 21.4 Å². The molecule has 2 N–H and O–H groups in total. The molecule has 0 aliphatic rings. The Kier molecular flexibility index (Phi) is 4.49. The van der Waals surface area contributed by atoms with Gasteiger partial charge in [0.1, 0.15) is 0 Å². The van der Waals surface area contributed by atoms with Crippen molar-refractivity contribution in [1.82, 2.24) is 10.6 Å². The molecule has 2 amide bonds. The van der Waals surface area contributed by atoms with Crippen LogP contribution in [0.25, 0.3) is 0 Å². The quantitative estimate of drug-likeness (QED) is 0.778. The zero-order chi connectivity index (χ0) is 12.1. The number of rotatable bonds is 4. The first-order valence-corrected chi connectivity index (χ1v) is 5.97. The molecule has 0 atom stereocenters. The summed E-state index contributed by atoms with van der Waals surface area (Å²) in [4.78, 5) is 23.5. The molecule has 0 saturated heterocycles. The van der Waals surface area contributed by atoms with E-state index in [0.717, 1.165) is 16.0 Å². The van der Waals surface area contributed by atoms with Crippen LogP contribution in [0.1, 0.15) is 27.7 Å². The number of hydrogen-bond donors (Lipinski definition) is 2. The normalized spacial score (nSPS) is 9.94. The van der Waals surface area contributed by atoms with Gasteiger partial charge in [0.2, 0.25) is 5.91 Å². The van der Waals surface area contributed by atoms with Crippen LogP contribution in [0.2, 0.25) is 0 Å². The van der Waals surface area contributed by atoms with Crippen molar-refractivity contribution in [2.24, 2.45) is 0 Å². The fraction of sp³-hybridized carbons (Fsp3) is 0.455. The molecule has 0 aliphatic carbocycles. The van der Waals surface area contributed by atoms with Crippen molar-refractivity contribution in [3.63, 3.8) is 0 Å². The summed E-state index contributed by atoms with van der Waals surface area (Å²) in [5.41, 5.74) is 1.76. The molecule has 5 heteroatoms. The minimum atomic E-state index is -0.0863. The van der Waals surface area contributed by atoms with Gasteiger partial charge < -0.3 is 10.6 Å². The summed E-state index contributed by atoms with van der Waals surface area (Å²) in [7, 11) is 0. The molecule has 0 aliphatic heterocycles. The first-order valence-electron chi connectivity index (χ1n) is 5.09. The third-order valence-electron chi connectivity index (χ3n) is 2.31. The number of carbonyl (C=O) groups is 2. The van der Waals surface area contributed by atoms with E-state index in [0.29, 0.717) is 13.1 Å². The molecule has 16 heavy (non-hydrogen) atoms. The van der Waals surface area contributed by atoms with Gasteiger partial charge in [-0.3, -0.25) is 9.59 Å². The van der Waals surface area contributed by atoms with Gasteiger partial charge in [-0.2, -0.15) is 0 Å². The minimum Gasteiger partial charge on any atom is -0.355 e. The summed E-state index contributed by atoms with van der Waals surface area (Å²) in [6.45, 7) is 6.30. The first-order chi connectivity index (χ1) is 7.52. The SMILES string of the molecule is CC(=O)NCCNC(=O)c1csc(C)c1C. The highest BCUT2D eigenvalue weighted by Gasteiger charge is 2.11. The lowest BCUT2D eigenvalue weighted by molar-refractivity contribution is -0.118. The Hall–Kier alpha value is -1.36. The highest BCUT2D eigenvalue weighted by Crippen LogP contribution is 2.19. The lowest BCUT2D eigenvalue weighted by Crippen LogP contribution is -2.33. The van der Waals surface area contributed by atoms with E-state index in [1.165, 1.54) is 6.92 Å². The van der Waals surface area contributed by atoms with Crippen LogP contribution in [0, 0.1) is 13.8 Å². The molecular formula is C11H16N2O2S. The zero-order valence-corrected chi connectivity index (χ0v) is 10.5. The predicted molar refractivity (Wildman–Crippen MR) is 64.8 cm³/mol. The number of thiophene rings is 1. The largest absolute Gasteiger partial charge is 0.355 e. The van der Waals surface area contributed by atoms with Gasteiger partial charge in [-0.15, -0.1) is 11.3 Å². The monoisotopic (exact) mass is 240 g/mol. The van der Waals surface area contributed by atoms with Gasteiger partial charge in [0.25, 0.3) is 5.91 Å². The van der Waals surface area contributed by atoms with Crippen LogP contribution < -0.4 is 10.6 Å². The van der Waals surface area contributed by atoms with Gasteiger partial charge in [-0.25, -0.2) is 0 Å². The Morgan fingerprint density at radius 2 is 1.88 bits per heavy atom. The Balaban J connectivity index is 2.41. The maximum absolute atomic E-state index is 11.7. The average molecular weight is 240 g/mol. The topological polar surface area (TPSA) is 58.2 Å². The summed E-state index contributed by atoms with van der Waals surface area (Å²) in [6, 6.07) is 0. The van der Waals surface area contributed by atoms with Crippen molar-refractivity contribution in [1.29, 1.82) is 0 Å². The molecule has 0 fully saturated rings. The summed E-state index contributed by atoms with van der Waals surface area (Å²) >= 11 is 1.57. The standard InChI is InChI=1S/C11H16N2O2S/c1-7-8(2)16-6-10(7)11(15)13-5-4-12-9(3)14/h6H,4-5H2,1-3H3,(H,12,14)(H,13,15). The number of nitrogens with one attached hydrogen (secondary N) is 2. The van der Waals surface area contributed by atoms with Crippen LogP contribution in [0.5, 0.6) is 0 Å². The summed E-state index contributed by atoms with van der Waals surface area (Å²) in [6.07, 6.45) is 0. The maximum atomic E-state index is 11.7. The van der Waals surface area contributed by atoms with Crippen molar-refractivity contribution in [2.45, 2.75) is 20.8 Å². The van der Waals surface area contributed by atoms with Gasteiger partial charge in [-0.05, 0) is 19.4 Å². The molecule has 1 aromatic rings. The molecule has 0 aromatic carbocycles. The highest BCUT2D eigenvalue weighted by atomic mass is 32.1. The Morgan fingerprint density at radius 1 is 1.25 bits per heavy atom. The molecule has 0 spiro atoms. The molecule has 1 heterocycles. The molecule has 1 rings (SSSR count). The maximum Gasteiger partial charge on any atom is 0.252 e. The zero-order valence-electron chi connectivity index (χ0n) is 9.72. The number of hydrogen-bond acceptors (Lipinski definition) is 3. The summed E-state index contributed by atoms with van der Waals surface area (Å²) in [5.74, 6) is -0.163. The summed E-state index contributed by atoms with van der Waals surface area (Å²) in [5, 5.41) is 7.24. The Morgan fingerprint density at radius 3 is 2.38 bits per heavy atom. The number of carbonyl (C=O) groups excluding carboxylic acids is 2. The van der Waals surface area contributed by atoms with Crippen LogP contribution in [0.15, 0.2) is 5.38 Å². The molecule has 0 unspecified atom stereocenters. The fourth-order valence-electron chi connectivity index (χ4n) is 1.25. The van der Waals surface area contributed by atoms with Gasteiger partial charge in [0.05, 0.1) is 5.56 Å². The van der Waals surface area contributed by atoms with E-state index in [-0.39, 0.29) is 11.8 Å². The third-order valence-corrected chi connectivity index (χ3v) is 3.33. The Bertz CT molecular complexity index is 399. The van der Waals surface area contributed by atoms with Crippen LogP contribution in [-0.4, -0.2) is 24.9 Å². The van der Waals surface area contributed by atoms with Crippen molar-refractivity contribution in [3.8, 4) is 0 Å². The van der Waals surface area contributed by atoms with Crippen molar-refractivity contribution >= 4 is 23.2 Å². The van der Waals surface area contributed by atoms with E-state index in [9.17, 15) is 9.59 Å². The second-order valence-corrected chi connectivity index (χ2v) is 4.65. The lowest BCUT2D eigenvalue weighted by atomic mass is 10.2. The van der Waals surface area contributed by atoms with E-state index in [2.05, 4.69) is 10.6 Å². The molecule has 0 bridgehead atoms. The van der Waals surface area contributed by atoms with Crippen LogP contribution in [-0.2, 0) is 4.79 Å². The minimum absolute atomic E-state index is 0.0767. The van der Waals surface area contributed by atoms with Crippen LogP contribution in [0.4, 0.5) is 0 Å². The van der Waals surface area contributed by atoms with E-state index < -0.39 is 0 Å². The highest BCUT2D eigenvalue weighted by molar-refractivity contribution is 7.10. The Labute approximate surface area is 99.0 Å². The average Bonchev–Trinajstić information content (AvgIpc) is 2.54. The summed E-state index contributed by atoms with van der Waals surface area (Å²) < 4.78 is 0. The van der Waals surface area contributed by atoms with Crippen LogP contribution >= 0.6 is 11.3 Å². The predicted octanol–water partition coefficient (Wildman–Crippen LogP) is 1.23. The van der Waals surface area contributed by atoms with Crippen molar-refractivity contribution < 1.29 is 9.59 Å². The second-order valence-electron chi connectivity index (χ2n) is 3.57. The van der Waals surface area contributed by atoms with Crippen LogP contribution in [0.3, 0.4) is 0 Å². The lowest BCUT2D eigenvalue weighted by Gasteiger charge is -2.05. The smallest absolute Gasteiger partial charge is 0.252 e. The molecule has 1 aromatic heterocycles. The number of aryl methyl sites for hydroxylation is 1. The molecule has 88 valence electrons. The second kappa shape index (κ2) is 5.65. The van der Waals surface area contributed by atoms with Crippen molar-refractivity contribution in [2.75, 3.05) is 13.1 Å². The number of amides is 2. The molecule has 4 nitrogen and oxygen atoms in total. The van der Waals surface area contributed by atoms with E-state index in [4.69, 9.17) is 0 Å². The van der Waals surface area contributed by atoms with E-state index in [1.54, 1.807) is 11.3 Å².